The third kappa shape index (κ3) is 5.44. The summed E-state index contributed by atoms with van der Waals surface area (Å²) in [5, 5.41) is 2.92. The zero-order valence-corrected chi connectivity index (χ0v) is 22.3. The van der Waals surface area contributed by atoms with Crippen LogP contribution in [-0.4, -0.2) is 61.4 Å². The lowest BCUT2D eigenvalue weighted by molar-refractivity contribution is -0.130. The summed E-state index contributed by atoms with van der Waals surface area (Å²) in [7, 11) is 0. The Balaban J connectivity index is 1.36. The number of amides is 1. The quantitative estimate of drug-likeness (QED) is 0.364. The summed E-state index contributed by atoms with van der Waals surface area (Å²) in [6.45, 7) is 10.3. The third-order valence-corrected chi connectivity index (χ3v) is 6.98. The molecule has 0 radical (unpaired) electrons. The minimum absolute atomic E-state index is 0.0279. The van der Waals surface area contributed by atoms with E-state index in [2.05, 4.69) is 25.2 Å². The van der Waals surface area contributed by atoms with E-state index in [4.69, 9.17) is 0 Å². The number of nitrogens with zero attached hydrogens (tertiary/aromatic N) is 6. The lowest BCUT2D eigenvalue weighted by atomic mass is 10.1. The monoisotopic (exact) mass is 537 g/mol. The normalized spacial score (nSPS) is 14.4. The molecule has 0 spiro atoms. The van der Waals surface area contributed by atoms with Crippen molar-refractivity contribution in [2.24, 2.45) is 0 Å². The minimum atomic E-state index is -0.710. The van der Waals surface area contributed by atoms with E-state index < -0.39 is 17.5 Å². The number of aromatic nitrogens is 4. The van der Waals surface area contributed by atoms with E-state index in [1.54, 1.807) is 36.9 Å². The predicted octanol–water partition coefficient (Wildman–Crippen LogP) is 5.21. The van der Waals surface area contributed by atoms with Gasteiger partial charge in [0.15, 0.2) is 11.6 Å². The van der Waals surface area contributed by atoms with Crippen molar-refractivity contribution in [1.29, 1.82) is 0 Å². The number of halogens is 3. The van der Waals surface area contributed by atoms with Crippen LogP contribution in [0.15, 0.2) is 36.5 Å². The molecule has 8 nitrogen and oxygen atoms in total. The first kappa shape index (κ1) is 26.6. The highest BCUT2D eigenvalue weighted by atomic mass is 19.1. The summed E-state index contributed by atoms with van der Waals surface area (Å²) in [5.74, 6) is -0.930. The minimum Gasteiger partial charge on any atom is -0.340 e. The van der Waals surface area contributed by atoms with E-state index in [1.807, 2.05) is 18.4 Å². The molecule has 3 heterocycles. The number of fused-ring (bicyclic) bond motifs is 1. The fraction of sp³-hybridized carbons (Fsp3) is 0.357. The van der Waals surface area contributed by atoms with Gasteiger partial charge in [0.1, 0.15) is 22.9 Å². The summed E-state index contributed by atoms with van der Waals surface area (Å²) in [6.07, 6.45) is 1.00. The smallest absolute Gasteiger partial charge is 0.227 e. The molecule has 2 aromatic carbocycles. The van der Waals surface area contributed by atoms with Gasteiger partial charge in [-0.05, 0) is 45.0 Å². The number of piperazine rings is 1. The summed E-state index contributed by atoms with van der Waals surface area (Å²) < 4.78 is 46.6. The van der Waals surface area contributed by atoms with Crippen LogP contribution in [-0.2, 0) is 11.3 Å². The van der Waals surface area contributed by atoms with Crippen LogP contribution < -0.4 is 5.32 Å². The molecule has 1 aliphatic rings. The van der Waals surface area contributed by atoms with Crippen molar-refractivity contribution in [2.45, 2.75) is 40.3 Å². The SMILES string of the molecule is CC(=O)N1CCN(Cc2ccc(Nc3ncc(F)c(-c4cc(F)c5nc(C)n(C(C)C)c5c4)n3)cc2F)CC1. The number of benzene rings is 2. The van der Waals surface area contributed by atoms with Crippen molar-refractivity contribution in [3.8, 4) is 11.3 Å². The molecular formula is C28H30F3N7O. The fourth-order valence-corrected chi connectivity index (χ4v) is 5.03. The molecule has 1 N–H and O–H groups in total. The zero-order chi connectivity index (χ0) is 27.8. The van der Waals surface area contributed by atoms with Gasteiger partial charge in [0.25, 0.3) is 0 Å². The molecule has 0 unspecified atom stereocenters. The number of carbonyl (C=O) groups is 1. The number of rotatable bonds is 6. The molecule has 1 amide bonds. The Morgan fingerprint density at radius 3 is 2.41 bits per heavy atom. The van der Waals surface area contributed by atoms with Crippen molar-refractivity contribution in [3.05, 3.63) is 65.4 Å². The molecule has 5 rings (SSSR count). The van der Waals surface area contributed by atoms with Gasteiger partial charge in [-0.15, -0.1) is 0 Å². The number of carbonyl (C=O) groups excluding carboxylic acids is 1. The number of hydrogen-bond donors (Lipinski definition) is 1. The van der Waals surface area contributed by atoms with Gasteiger partial charge in [0.2, 0.25) is 11.9 Å². The van der Waals surface area contributed by atoms with E-state index in [1.165, 1.54) is 12.1 Å². The molecule has 4 aromatic rings. The molecule has 0 bridgehead atoms. The molecule has 0 aliphatic carbocycles. The van der Waals surface area contributed by atoms with Crippen molar-refractivity contribution >= 4 is 28.6 Å². The summed E-state index contributed by atoms with van der Waals surface area (Å²) >= 11 is 0. The van der Waals surface area contributed by atoms with Crippen LogP contribution in [0.2, 0.25) is 0 Å². The Hall–Kier alpha value is -3.99. The molecule has 2 aromatic heterocycles. The summed E-state index contributed by atoms with van der Waals surface area (Å²) in [4.78, 5) is 28.0. The van der Waals surface area contributed by atoms with E-state index in [-0.39, 0.29) is 34.7 Å². The maximum Gasteiger partial charge on any atom is 0.227 e. The van der Waals surface area contributed by atoms with Crippen LogP contribution in [0.3, 0.4) is 0 Å². The molecular weight excluding hydrogens is 507 g/mol. The van der Waals surface area contributed by atoms with Crippen molar-refractivity contribution < 1.29 is 18.0 Å². The topological polar surface area (TPSA) is 79.2 Å². The number of imidazole rings is 1. The third-order valence-electron chi connectivity index (χ3n) is 6.98. The Morgan fingerprint density at radius 2 is 1.74 bits per heavy atom. The molecule has 39 heavy (non-hydrogen) atoms. The van der Waals surface area contributed by atoms with Crippen LogP contribution >= 0.6 is 0 Å². The van der Waals surface area contributed by atoms with Crippen molar-refractivity contribution in [2.75, 3.05) is 31.5 Å². The first-order valence-corrected chi connectivity index (χ1v) is 12.8. The fourth-order valence-electron chi connectivity index (χ4n) is 5.03. The Kier molecular flexibility index (Phi) is 7.26. The second kappa shape index (κ2) is 10.6. The van der Waals surface area contributed by atoms with Gasteiger partial charge in [-0.25, -0.2) is 28.1 Å². The van der Waals surface area contributed by atoms with Crippen molar-refractivity contribution in [1.82, 2.24) is 29.3 Å². The second-order valence-corrected chi connectivity index (χ2v) is 10.1. The van der Waals surface area contributed by atoms with E-state index in [0.29, 0.717) is 55.3 Å². The van der Waals surface area contributed by atoms with Gasteiger partial charge in [-0.2, -0.15) is 0 Å². The highest BCUT2D eigenvalue weighted by molar-refractivity contribution is 5.83. The number of anilines is 2. The average molecular weight is 538 g/mol. The van der Waals surface area contributed by atoms with Gasteiger partial charge in [-0.3, -0.25) is 9.69 Å². The summed E-state index contributed by atoms with van der Waals surface area (Å²) in [6, 6.07) is 7.62. The maximum atomic E-state index is 15.0. The Labute approximate surface area is 224 Å². The number of hydrogen-bond acceptors (Lipinski definition) is 6. The van der Waals surface area contributed by atoms with Crippen LogP contribution in [0.5, 0.6) is 0 Å². The van der Waals surface area contributed by atoms with Crippen LogP contribution in [0.25, 0.3) is 22.3 Å². The van der Waals surface area contributed by atoms with Crippen molar-refractivity contribution in [3.63, 3.8) is 0 Å². The lowest BCUT2D eigenvalue weighted by Gasteiger charge is -2.34. The van der Waals surface area contributed by atoms with Gasteiger partial charge in [0, 0.05) is 62.5 Å². The van der Waals surface area contributed by atoms with E-state index in [0.717, 1.165) is 6.20 Å². The molecule has 1 aliphatic heterocycles. The van der Waals surface area contributed by atoms with Crippen LogP contribution in [0.4, 0.5) is 24.8 Å². The zero-order valence-electron chi connectivity index (χ0n) is 22.3. The highest BCUT2D eigenvalue weighted by Gasteiger charge is 2.21. The standard InChI is InChI=1S/C28H30F3N7O/c1-16(2)38-17(3)33-27-23(30)11-20(12-25(27)38)26-24(31)14-32-28(35-26)34-21-6-5-19(22(29)13-21)15-36-7-9-37(10-8-36)18(4)39/h5-6,11-14,16H,7-10,15H2,1-4H3,(H,32,34,35). The summed E-state index contributed by atoms with van der Waals surface area (Å²) in [5.41, 5.74) is 1.85. The molecule has 1 fully saturated rings. The van der Waals surface area contributed by atoms with E-state index >= 15 is 0 Å². The second-order valence-electron chi connectivity index (χ2n) is 10.1. The van der Waals surface area contributed by atoms with Crippen LogP contribution in [0.1, 0.15) is 38.2 Å². The number of aryl methyl sites for hydroxylation is 1. The van der Waals surface area contributed by atoms with E-state index in [9.17, 15) is 18.0 Å². The van der Waals surface area contributed by atoms with Gasteiger partial charge < -0.3 is 14.8 Å². The predicted molar refractivity (Wildman–Crippen MR) is 143 cm³/mol. The Bertz CT molecular complexity index is 1540. The average Bonchev–Trinajstić information content (AvgIpc) is 3.23. The first-order chi connectivity index (χ1) is 18.6. The highest BCUT2D eigenvalue weighted by Crippen LogP contribution is 2.30. The molecule has 11 heteroatoms. The lowest BCUT2D eigenvalue weighted by Crippen LogP contribution is -2.47. The first-order valence-electron chi connectivity index (χ1n) is 12.8. The van der Waals surface area contributed by atoms with Gasteiger partial charge >= 0.3 is 0 Å². The number of nitrogens with one attached hydrogen (secondary N) is 1. The molecule has 0 saturated carbocycles. The van der Waals surface area contributed by atoms with Gasteiger partial charge in [0.05, 0.1) is 11.7 Å². The molecule has 0 atom stereocenters. The molecule has 204 valence electrons. The van der Waals surface area contributed by atoms with Crippen LogP contribution in [0, 0.1) is 24.4 Å². The molecule has 1 saturated heterocycles. The maximum absolute atomic E-state index is 15.0. The largest absolute Gasteiger partial charge is 0.340 e. The Morgan fingerprint density at radius 1 is 1.00 bits per heavy atom. The van der Waals surface area contributed by atoms with Gasteiger partial charge in [-0.1, -0.05) is 6.07 Å².